The Morgan fingerprint density at radius 3 is 1.13 bits per heavy atom. The molecule has 14 aromatic carbocycles. The summed E-state index contributed by atoms with van der Waals surface area (Å²) < 4.78 is 11.8. The number of rotatable bonds is 17. The van der Waals surface area contributed by atoms with E-state index in [9.17, 15) is 47.9 Å². The fourth-order valence-electron chi connectivity index (χ4n) is 18.2. The number of Topliss-reactive ketones (excluding diaryl/α,β-unsaturated/α-hetero) is 9. The lowest BCUT2D eigenvalue weighted by atomic mass is 10.0. The molecular weight excluding hydrogens is 1880 g/mol. The third-order valence-corrected chi connectivity index (χ3v) is 28.1. The van der Waals surface area contributed by atoms with Crippen LogP contribution in [0.1, 0.15) is 176 Å². The molecule has 22 nitrogen and oxygen atoms in total. The maximum Gasteiger partial charge on any atom is 0.197 e. The largest absolute Gasteiger partial charge is 0.378 e. The zero-order valence-electron chi connectivity index (χ0n) is 88.8. The molecule has 3 aromatic heterocycles. The summed E-state index contributed by atoms with van der Waals surface area (Å²) in [7, 11) is 14.3. The zero-order chi connectivity index (χ0) is 107. The molecule has 0 amide bonds. The first-order chi connectivity index (χ1) is 71.6. The van der Waals surface area contributed by atoms with Crippen LogP contribution in [0.3, 0.4) is 0 Å². The summed E-state index contributed by atoms with van der Waals surface area (Å²) in [5, 5.41) is 4.83. The number of ether oxygens (including phenoxy) is 1. The van der Waals surface area contributed by atoms with Crippen molar-refractivity contribution in [1.82, 2.24) is 18.6 Å². The fraction of sp³-hybridized carbons (Fsp3) is 0.238. The lowest BCUT2D eigenvalue weighted by molar-refractivity contribution is 0.100. The minimum atomic E-state index is -0.0255. The third-order valence-electron chi connectivity index (χ3n) is 27.0. The number of piperazine rings is 1. The lowest BCUT2D eigenvalue weighted by Gasteiger charge is -2.36. The highest BCUT2D eigenvalue weighted by molar-refractivity contribution is 7.99. The van der Waals surface area contributed by atoms with Gasteiger partial charge in [-0.15, -0.1) is 0 Å². The van der Waals surface area contributed by atoms with Crippen molar-refractivity contribution < 1.29 is 47.9 Å². The highest BCUT2D eigenvalue weighted by atomic mass is 32.2. The van der Waals surface area contributed by atoms with E-state index >= 15 is 0 Å². The maximum atomic E-state index is 12.6. The highest BCUT2D eigenvalue weighted by Gasteiger charge is 2.27. The molecule has 2 saturated heterocycles. The van der Waals surface area contributed by atoms with Gasteiger partial charge in [-0.3, -0.25) is 47.9 Å². The van der Waals surface area contributed by atoms with E-state index in [0.29, 0.717) is 16.3 Å². The fourth-order valence-corrected chi connectivity index (χ4v) is 19.3. The number of hydrogen-bond acceptors (Lipinski definition) is 20. The molecule has 21 rings (SSSR count). The number of fused-ring (bicyclic) bond motifs is 10. The second-order valence-electron chi connectivity index (χ2n) is 37.2. The van der Waals surface area contributed by atoms with Crippen molar-refractivity contribution in [2.75, 3.05) is 136 Å². The van der Waals surface area contributed by atoms with Crippen LogP contribution in [0.25, 0.3) is 54.5 Å². The first-order valence-corrected chi connectivity index (χ1v) is 51.1. The number of benzene rings is 14. The number of anilines is 11. The number of nitrogens with zero attached hydrogens (tertiary/aromatic N) is 11. The number of morpholine rings is 1. The van der Waals surface area contributed by atoms with E-state index in [2.05, 4.69) is 157 Å². The number of carbonyl (C=O) groups excluding carboxylic acids is 9. The van der Waals surface area contributed by atoms with E-state index in [-0.39, 0.29) is 57.5 Å². The number of ketones is 9. The molecule has 0 spiro atoms. The van der Waals surface area contributed by atoms with Crippen LogP contribution < -0.4 is 39.7 Å². The Hall–Kier alpha value is -16.2. The standard InChI is InChI=1S/C17H15NO2.C16H16N2O.C16H15NO.C15H13NOS.C15H15NO.C13H18N2O.C12H15NO2.C12H13NO.C10H13NO/c1-3-18-15-7-5-4-6-13(15)17(20)14-10-12(11(2)19)8-9-16(14)18;1-11(19)12-8-9-15-16(10-12)18(3)14-7-5-4-6-13(14)17(15)2;1-3-17-15-7-5-4-6-13(15)14-10-12(11(2)18)8-9-16(14)17;1-10(17)11-7-8-13-15(9-11)18-14-6-4-3-5-12(14)16(13)2;1-12(17)13-8-10-15(11-9-13)16(2)14-6-4-3-5-7-14;1-11(16)12-3-5-13(6-4-12)15-9-7-14(2)8-10-15;1-10(14)11-2-4-12(5-3-11)13-6-8-15-9-7-13;1-3-13-7-6-11-8-10(9(2)14)4-5-12(11)13;1-8(12)9-4-6-10(7-5-9)11(2)3/h4-10H,3H2,1-2H3;4-10H,1-3H3;4-10H,3H2,1-2H3;3-9H,1-2H3;3-11H,1-2H3;3-6H,7-10H2,1-2H3;2-5H,6-9H2,1H3;4-8H,3H2,1-2H3;4-7H,1-3H3. The van der Waals surface area contributed by atoms with Crippen LogP contribution in [-0.4, -0.2) is 172 Å². The number of likely N-dealkylation sites (N-methyl/N-ethyl adjacent to an activating group) is 1. The van der Waals surface area contributed by atoms with Gasteiger partial charge in [-0.25, -0.2) is 0 Å². The van der Waals surface area contributed by atoms with E-state index in [4.69, 9.17) is 4.74 Å². The lowest BCUT2D eigenvalue weighted by Crippen LogP contribution is -2.44. The van der Waals surface area contributed by atoms with Gasteiger partial charge in [0, 0.05) is 239 Å². The van der Waals surface area contributed by atoms with Crippen LogP contribution in [0.15, 0.2) is 342 Å². The van der Waals surface area contributed by atoms with E-state index < -0.39 is 0 Å². The van der Waals surface area contributed by atoms with Crippen molar-refractivity contribution in [2.45, 2.75) is 113 Å². The molecule has 7 heterocycles. The number of aryl methyl sites for hydroxylation is 3. The summed E-state index contributed by atoms with van der Waals surface area (Å²) in [6, 6.07) is 105. The molecule has 4 aliphatic heterocycles. The van der Waals surface area contributed by atoms with E-state index in [1.807, 2.05) is 282 Å². The Balaban J connectivity index is 0.000000140. The summed E-state index contributed by atoms with van der Waals surface area (Å²) in [6.45, 7) is 31.0. The van der Waals surface area contributed by atoms with Gasteiger partial charge in [-0.05, 0) is 339 Å². The van der Waals surface area contributed by atoms with Crippen LogP contribution in [0.2, 0.25) is 0 Å². The Bertz CT molecular complexity index is 7750. The average Bonchev–Trinajstić information content (AvgIpc) is 1.73. The van der Waals surface area contributed by atoms with Crippen molar-refractivity contribution in [2.24, 2.45) is 0 Å². The van der Waals surface area contributed by atoms with Gasteiger partial charge in [0.15, 0.2) is 57.5 Å². The SMILES string of the molecule is CC(=O)c1ccc(N(C)C)cc1.CC(=O)c1ccc(N(C)c2ccccc2)cc1.CC(=O)c1ccc(N2CCN(C)CC2)cc1.CC(=O)c1ccc(N2CCOCC2)cc1.CC(=O)c1ccc2c(c1)N(C)c1ccccc1N2C.CC(=O)c1ccc2c(c1)Sc1ccccc1N2C.CCn1c2ccccc2c(=O)c2cc(C(C)=O)ccc21.CCn1c2ccccc2c2cc(C(C)=O)ccc21.CCn1ccc2cc(C(C)=O)ccc21. The second kappa shape index (κ2) is 51.2. The molecule has 0 saturated carbocycles. The van der Waals surface area contributed by atoms with Gasteiger partial charge in [-0.2, -0.15) is 0 Å². The molecular formula is C126H133N11O11S. The smallest absolute Gasteiger partial charge is 0.197 e. The summed E-state index contributed by atoms with van der Waals surface area (Å²) in [5.74, 6) is 0.870. The average molecular weight is 2010 g/mol. The summed E-state index contributed by atoms with van der Waals surface area (Å²) in [6.07, 6.45) is 2.05. The Morgan fingerprint density at radius 1 is 0.289 bits per heavy atom. The van der Waals surface area contributed by atoms with Gasteiger partial charge in [0.2, 0.25) is 0 Å². The molecule has 0 unspecified atom stereocenters. The minimum Gasteiger partial charge on any atom is -0.378 e. The van der Waals surface area contributed by atoms with Crippen molar-refractivity contribution in [3.63, 3.8) is 0 Å². The first-order valence-electron chi connectivity index (χ1n) is 50.3. The van der Waals surface area contributed by atoms with Crippen LogP contribution in [0.5, 0.6) is 0 Å². The molecule has 0 N–H and O–H groups in total. The molecule has 0 bridgehead atoms. The van der Waals surface area contributed by atoms with Crippen molar-refractivity contribution >= 4 is 181 Å². The molecule has 0 atom stereocenters. The van der Waals surface area contributed by atoms with Gasteiger partial charge in [0.25, 0.3) is 0 Å². The third kappa shape index (κ3) is 27.2. The van der Waals surface area contributed by atoms with Crippen molar-refractivity contribution in [1.29, 1.82) is 0 Å². The van der Waals surface area contributed by atoms with Gasteiger partial charge in [0.05, 0.1) is 58.4 Å². The number of carbonyl (C=O) groups is 9. The maximum absolute atomic E-state index is 12.6. The molecule has 17 aromatic rings. The molecule has 0 aliphatic carbocycles. The summed E-state index contributed by atoms with van der Waals surface area (Å²) in [5.41, 5.74) is 24.7. The van der Waals surface area contributed by atoms with Crippen LogP contribution >= 0.6 is 11.8 Å². The predicted octanol–water partition coefficient (Wildman–Crippen LogP) is 27.1. The van der Waals surface area contributed by atoms with E-state index in [1.165, 1.54) is 61.9 Å². The molecule has 149 heavy (non-hydrogen) atoms. The molecule has 764 valence electrons. The number of aromatic nitrogens is 3. The minimum absolute atomic E-state index is 0.0107. The quantitative estimate of drug-likeness (QED) is 0.0611. The van der Waals surface area contributed by atoms with Gasteiger partial charge in [0.1, 0.15) is 0 Å². The van der Waals surface area contributed by atoms with Gasteiger partial charge < -0.3 is 57.6 Å². The molecule has 0 radical (unpaired) electrons. The topological polar surface area (TPSA) is 221 Å². The van der Waals surface area contributed by atoms with Crippen LogP contribution in [0.4, 0.5) is 62.6 Å². The molecule has 4 aliphatic rings. The molecule has 2 fully saturated rings. The highest BCUT2D eigenvalue weighted by Crippen LogP contribution is 2.49. The Labute approximate surface area is 878 Å². The number of hydrogen-bond donors (Lipinski definition) is 0. The van der Waals surface area contributed by atoms with Gasteiger partial charge >= 0.3 is 0 Å². The number of para-hydroxylation sites is 6. The Kier molecular flexibility index (Phi) is 37.8. The van der Waals surface area contributed by atoms with E-state index in [1.54, 1.807) is 79.3 Å². The normalized spacial score (nSPS) is 12.5. The van der Waals surface area contributed by atoms with Crippen LogP contribution in [0, 0.1) is 0 Å². The van der Waals surface area contributed by atoms with Crippen molar-refractivity contribution in [3.8, 4) is 0 Å². The number of pyridine rings is 1. The van der Waals surface area contributed by atoms with E-state index in [0.717, 1.165) is 178 Å². The van der Waals surface area contributed by atoms with Crippen molar-refractivity contribution in [3.05, 3.63) is 388 Å². The zero-order valence-corrected chi connectivity index (χ0v) is 89.6. The second-order valence-corrected chi connectivity index (χ2v) is 38.3. The Morgan fingerprint density at radius 2 is 0.638 bits per heavy atom. The first kappa shape index (κ1) is 110. The summed E-state index contributed by atoms with van der Waals surface area (Å²) >= 11 is 1.72. The monoisotopic (exact) mass is 2010 g/mol. The van der Waals surface area contributed by atoms with Gasteiger partial charge in [-0.1, -0.05) is 84.6 Å². The van der Waals surface area contributed by atoms with Crippen LogP contribution in [-0.2, 0) is 24.4 Å². The predicted molar refractivity (Wildman–Crippen MR) is 616 cm³/mol. The molecule has 23 heteroatoms. The summed E-state index contributed by atoms with van der Waals surface area (Å²) in [4.78, 5) is 134.